The number of hydrogen-bond donors (Lipinski definition) is 3. The lowest BCUT2D eigenvalue weighted by Gasteiger charge is -2.23. The quantitative estimate of drug-likeness (QED) is 0.207. The van der Waals surface area contributed by atoms with Gasteiger partial charge in [-0.25, -0.2) is 9.59 Å². The minimum absolute atomic E-state index is 0.0612. The van der Waals surface area contributed by atoms with Crippen LogP contribution in [-0.4, -0.2) is 52.3 Å². The Bertz CT molecular complexity index is 1500. The topological polar surface area (TPSA) is 105 Å². The van der Waals surface area contributed by atoms with Crippen LogP contribution in [0.25, 0.3) is 16.7 Å². The van der Waals surface area contributed by atoms with Crippen molar-refractivity contribution < 1.29 is 24.2 Å². The lowest BCUT2D eigenvalue weighted by molar-refractivity contribution is -0.141. The van der Waals surface area contributed by atoms with Crippen LogP contribution in [-0.2, 0) is 20.7 Å². The van der Waals surface area contributed by atoms with Crippen LogP contribution in [0.15, 0.2) is 78.9 Å². The van der Waals surface area contributed by atoms with Crippen molar-refractivity contribution in [1.82, 2.24) is 10.6 Å². The number of nitrogens with one attached hydrogen (secondary N) is 2. The minimum Gasteiger partial charge on any atom is -0.480 e. The van der Waals surface area contributed by atoms with Crippen LogP contribution in [0.2, 0.25) is 0 Å². The van der Waals surface area contributed by atoms with Gasteiger partial charge in [0.2, 0.25) is 5.91 Å². The summed E-state index contributed by atoms with van der Waals surface area (Å²) in [5.41, 5.74) is 7.54. The van der Waals surface area contributed by atoms with Crippen LogP contribution in [0, 0.1) is 0 Å². The third-order valence-corrected chi connectivity index (χ3v) is 10.8. The van der Waals surface area contributed by atoms with Gasteiger partial charge in [-0.15, -0.1) is 0 Å². The van der Waals surface area contributed by atoms with Crippen LogP contribution in [0.4, 0.5) is 4.79 Å². The summed E-state index contributed by atoms with van der Waals surface area (Å²) in [6, 6.07) is 22.0. The summed E-state index contributed by atoms with van der Waals surface area (Å²) in [5.74, 6) is -1.62. The molecule has 43 heavy (non-hydrogen) atoms. The van der Waals surface area contributed by atoms with Gasteiger partial charge >= 0.3 is 12.1 Å². The number of benzene rings is 3. The number of fused-ring (bicyclic) bond motifs is 4. The maximum absolute atomic E-state index is 13.6. The Balaban J connectivity index is 1.29. The van der Waals surface area contributed by atoms with Crippen molar-refractivity contribution in [3.05, 3.63) is 101 Å². The molecule has 2 atom stereocenters. The number of carboxylic acids is 1. The third kappa shape index (κ3) is 7.46. The molecule has 0 aromatic heterocycles. The van der Waals surface area contributed by atoms with Gasteiger partial charge in [0, 0.05) is 22.8 Å². The van der Waals surface area contributed by atoms with Crippen molar-refractivity contribution in [2.45, 2.75) is 56.4 Å². The smallest absolute Gasteiger partial charge is 0.407 e. The number of rotatable bonds is 11. The summed E-state index contributed by atoms with van der Waals surface area (Å²) in [7, 11) is 2.95. The zero-order valence-corrected chi connectivity index (χ0v) is 26.1. The molecule has 0 radical (unpaired) electrons. The first-order valence-electron chi connectivity index (χ1n) is 14.3. The Hall–Kier alpha value is -3.69. The summed E-state index contributed by atoms with van der Waals surface area (Å²) >= 11 is 0. The Labute approximate surface area is 260 Å². The predicted octanol–water partition coefficient (Wildman–Crippen LogP) is 6.67. The average Bonchev–Trinajstić information content (AvgIpc) is 3.53. The van der Waals surface area contributed by atoms with Gasteiger partial charge in [-0.3, -0.25) is 4.79 Å². The number of alkyl carbamates (subject to hydrolysis) is 1. The highest BCUT2D eigenvalue weighted by Gasteiger charge is 2.32. The molecule has 2 amide bonds. The van der Waals surface area contributed by atoms with Gasteiger partial charge in [0.15, 0.2) is 0 Å². The molecule has 3 N–H and O–H groups in total. The molecule has 0 saturated heterocycles. The number of allylic oxidation sites excluding steroid dienone is 1. The van der Waals surface area contributed by atoms with E-state index in [1.165, 1.54) is 10.8 Å². The van der Waals surface area contributed by atoms with Crippen molar-refractivity contribution in [2.75, 3.05) is 12.4 Å². The van der Waals surface area contributed by atoms with Crippen LogP contribution >= 0.6 is 21.6 Å². The van der Waals surface area contributed by atoms with E-state index in [0.717, 1.165) is 45.4 Å². The van der Waals surface area contributed by atoms with Gasteiger partial charge in [0.25, 0.3) is 0 Å². The highest BCUT2D eigenvalue weighted by atomic mass is 33.1. The molecule has 0 saturated carbocycles. The minimum atomic E-state index is -1.12. The number of hydrogen-bond acceptors (Lipinski definition) is 6. The van der Waals surface area contributed by atoms with E-state index < -0.39 is 30.1 Å². The number of aliphatic carboxylic acids is 1. The zero-order chi connectivity index (χ0) is 30.6. The van der Waals surface area contributed by atoms with E-state index in [1.807, 2.05) is 81.4 Å². The zero-order valence-electron chi connectivity index (χ0n) is 24.5. The summed E-state index contributed by atoms with van der Waals surface area (Å²) in [6.45, 7) is 6.24. The highest BCUT2D eigenvalue weighted by Crippen LogP contribution is 2.44. The van der Waals surface area contributed by atoms with Gasteiger partial charge in [-0.1, -0.05) is 121 Å². The maximum atomic E-state index is 13.6. The fourth-order valence-electron chi connectivity index (χ4n) is 5.49. The van der Waals surface area contributed by atoms with E-state index >= 15 is 0 Å². The molecule has 224 valence electrons. The number of ether oxygens (including phenoxy) is 1. The van der Waals surface area contributed by atoms with Crippen molar-refractivity contribution >= 4 is 45.1 Å². The molecule has 3 aromatic rings. The fraction of sp³-hybridized carbons (Fsp3) is 0.324. The predicted molar refractivity (Wildman–Crippen MR) is 174 cm³/mol. The molecule has 0 unspecified atom stereocenters. The van der Waals surface area contributed by atoms with Gasteiger partial charge in [0.05, 0.1) is 0 Å². The summed E-state index contributed by atoms with van der Waals surface area (Å²) in [5, 5.41) is 15.2. The molecule has 5 rings (SSSR count). The molecular formula is C34H36N2O5S2. The van der Waals surface area contributed by atoms with E-state index in [4.69, 9.17) is 4.74 Å². The molecule has 2 aliphatic carbocycles. The second kappa shape index (κ2) is 13.3. The highest BCUT2D eigenvalue weighted by molar-refractivity contribution is 8.77. The maximum Gasteiger partial charge on any atom is 0.407 e. The Morgan fingerprint density at radius 1 is 0.884 bits per heavy atom. The third-order valence-electron chi connectivity index (χ3n) is 7.47. The molecule has 0 aliphatic heterocycles. The summed E-state index contributed by atoms with van der Waals surface area (Å²) in [4.78, 5) is 38.8. The average molecular weight is 617 g/mol. The fourth-order valence-corrected chi connectivity index (χ4v) is 7.94. The Morgan fingerprint density at radius 2 is 1.49 bits per heavy atom. The normalized spacial score (nSPS) is 15.0. The van der Waals surface area contributed by atoms with E-state index in [0.29, 0.717) is 0 Å². The molecule has 7 nitrogen and oxygen atoms in total. The molecule has 0 bridgehead atoms. The van der Waals surface area contributed by atoms with Gasteiger partial charge in [0.1, 0.15) is 18.7 Å². The van der Waals surface area contributed by atoms with E-state index in [-0.39, 0.29) is 29.4 Å². The molecule has 2 aliphatic rings. The van der Waals surface area contributed by atoms with Gasteiger partial charge in [-0.2, -0.15) is 0 Å². The molecule has 9 heteroatoms. The molecule has 3 aromatic carbocycles. The summed E-state index contributed by atoms with van der Waals surface area (Å²) < 4.78 is 5.67. The van der Waals surface area contributed by atoms with Crippen LogP contribution < -0.4 is 10.6 Å². The largest absolute Gasteiger partial charge is 0.480 e. The lowest BCUT2D eigenvalue weighted by Crippen LogP contribution is -2.52. The second-order valence-electron chi connectivity index (χ2n) is 11.7. The first kappa shape index (κ1) is 30.8. The van der Waals surface area contributed by atoms with Crippen molar-refractivity contribution in [2.24, 2.45) is 0 Å². The van der Waals surface area contributed by atoms with Crippen LogP contribution in [0.5, 0.6) is 0 Å². The van der Waals surface area contributed by atoms with Gasteiger partial charge in [-0.05, 0) is 45.4 Å². The Morgan fingerprint density at radius 3 is 2.12 bits per heavy atom. The lowest BCUT2D eigenvalue weighted by atomic mass is 9.98. The SMILES string of the molecule is CC(C)(C)SSC[C@H](NC(=O)[C@H](CC1=CCc2ccccc21)NC(=O)OCC1c2ccccc2-c2ccccc21)C(=O)O. The molecule has 0 fully saturated rings. The van der Waals surface area contributed by atoms with E-state index in [1.54, 1.807) is 10.8 Å². The number of amides is 2. The van der Waals surface area contributed by atoms with Crippen LogP contribution in [0.1, 0.15) is 55.4 Å². The first-order chi connectivity index (χ1) is 20.6. The Kier molecular flexibility index (Phi) is 9.52. The second-order valence-corrected chi connectivity index (χ2v) is 14.9. The standard InChI is InChI=1S/C34H36N2O5S2/c1-34(2,3)43-42-20-30(32(38)39)35-31(37)29(18-22-17-16-21-10-4-5-11-23(21)22)36-33(40)41-19-28-26-14-8-6-12-24(26)25-13-7-9-15-27(25)28/h4-15,17,28-30H,16,18-20H2,1-3H3,(H,35,37)(H,36,40)(H,38,39)/t29-,30-/m0/s1. The van der Waals surface area contributed by atoms with Crippen molar-refractivity contribution in [1.29, 1.82) is 0 Å². The molecule has 0 spiro atoms. The van der Waals surface area contributed by atoms with E-state index in [2.05, 4.69) is 28.8 Å². The van der Waals surface area contributed by atoms with Crippen molar-refractivity contribution in [3.8, 4) is 11.1 Å². The number of carbonyl (C=O) groups is 3. The number of carbonyl (C=O) groups excluding carboxylic acids is 2. The van der Waals surface area contributed by atoms with Crippen LogP contribution in [0.3, 0.4) is 0 Å². The summed E-state index contributed by atoms with van der Waals surface area (Å²) in [6.07, 6.45) is 2.28. The van der Waals surface area contributed by atoms with Crippen molar-refractivity contribution in [3.63, 3.8) is 0 Å². The molecule has 0 heterocycles. The monoisotopic (exact) mass is 616 g/mol. The molecular weight excluding hydrogens is 581 g/mol. The van der Waals surface area contributed by atoms with Gasteiger partial charge < -0.3 is 20.5 Å². The van der Waals surface area contributed by atoms with E-state index in [9.17, 15) is 19.5 Å². The number of carboxylic acid groups (broad SMARTS) is 1. The first-order valence-corrected chi connectivity index (χ1v) is 16.7.